The Hall–Kier alpha value is -3.13. The minimum Gasteiger partial charge on any atom is -0.459 e. The van der Waals surface area contributed by atoms with Gasteiger partial charge in [0.1, 0.15) is 0 Å². The largest absolute Gasteiger partial charge is 0.459 e. The van der Waals surface area contributed by atoms with Crippen LogP contribution in [0, 0.1) is 13.8 Å². The van der Waals surface area contributed by atoms with Crippen molar-refractivity contribution in [2.75, 3.05) is 11.9 Å². The molecule has 0 saturated carbocycles. The number of nitrogens with one attached hydrogen (secondary N) is 3. The summed E-state index contributed by atoms with van der Waals surface area (Å²) in [5, 5.41) is 10.5. The number of rotatable bonds is 7. The zero-order valence-electron chi connectivity index (χ0n) is 16.8. The minimum atomic E-state index is -0.270. The van der Waals surface area contributed by atoms with Crippen LogP contribution in [-0.2, 0) is 13.1 Å². The van der Waals surface area contributed by atoms with Crippen LogP contribution in [0.5, 0.6) is 0 Å². The van der Waals surface area contributed by atoms with E-state index in [1.807, 2.05) is 45.0 Å². The van der Waals surface area contributed by atoms with Crippen molar-refractivity contribution in [3.8, 4) is 0 Å². The standard InChI is InChI=1S/C21H25N5O2S/c1-4-22-21(24-13-19-14(2)25-15(3)29-19)23-12-16-7-9-17(10-8-16)26-20(27)18-6-5-11-28-18/h5-11H,4,12-13H2,1-3H3,(H,26,27)(H2,22,23,24). The molecule has 0 saturated heterocycles. The van der Waals surface area contributed by atoms with E-state index in [1.54, 1.807) is 23.5 Å². The third kappa shape index (κ3) is 5.92. The van der Waals surface area contributed by atoms with Crippen LogP contribution >= 0.6 is 11.3 Å². The summed E-state index contributed by atoms with van der Waals surface area (Å²) < 4.78 is 5.10. The van der Waals surface area contributed by atoms with Crippen molar-refractivity contribution in [3.63, 3.8) is 0 Å². The number of nitrogens with zero attached hydrogens (tertiary/aromatic N) is 2. The van der Waals surface area contributed by atoms with Gasteiger partial charge in [0.2, 0.25) is 0 Å². The average Bonchev–Trinajstić information content (AvgIpc) is 3.35. The molecule has 3 N–H and O–H groups in total. The molecule has 3 aromatic rings. The van der Waals surface area contributed by atoms with Gasteiger partial charge < -0.3 is 20.4 Å². The van der Waals surface area contributed by atoms with Crippen molar-refractivity contribution in [1.82, 2.24) is 15.6 Å². The normalized spacial score (nSPS) is 11.3. The number of amides is 1. The number of aliphatic imine (C=N–C) groups is 1. The number of furan rings is 1. The van der Waals surface area contributed by atoms with Gasteiger partial charge in [0.25, 0.3) is 5.91 Å². The molecule has 1 aromatic carbocycles. The van der Waals surface area contributed by atoms with Crippen molar-refractivity contribution in [2.24, 2.45) is 4.99 Å². The Morgan fingerprint density at radius 1 is 1.17 bits per heavy atom. The van der Waals surface area contributed by atoms with E-state index >= 15 is 0 Å². The molecule has 3 rings (SSSR count). The molecule has 29 heavy (non-hydrogen) atoms. The Balaban J connectivity index is 1.57. The van der Waals surface area contributed by atoms with Crippen LogP contribution in [0.3, 0.4) is 0 Å². The molecule has 2 aromatic heterocycles. The first-order valence-corrected chi connectivity index (χ1v) is 10.3. The molecular weight excluding hydrogens is 386 g/mol. The number of aromatic nitrogens is 1. The molecule has 2 heterocycles. The quantitative estimate of drug-likeness (QED) is 0.406. The number of benzene rings is 1. The van der Waals surface area contributed by atoms with E-state index in [9.17, 15) is 4.79 Å². The Kier molecular flexibility index (Phi) is 7.02. The molecule has 0 atom stereocenters. The minimum absolute atomic E-state index is 0.270. The zero-order chi connectivity index (χ0) is 20.6. The van der Waals surface area contributed by atoms with Gasteiger partial charge in [0.15, 0.2) is 11.7 Å². The highest BCUT2D eigenvalue weighted by atomic mass is 32.1. The van der Waals surface area contributed by atoms with Gasteiger partial charge in [-0.2, -0.15) is 0 Å². The van der Waals surface area contributed by atoms with Crippen molar-refractivity contribution in [1.29, 1.82) is 0 Å². The van der Waals surface area contributed by atoms with Crippen LogP contribution in [0.25, 0.3) is 0 Å². The van der Waals surface area contributed by atoms with E-state index in [-0.39, 0.29) is 11.7 Å². The maximum Gasteiger partial charge on any atom is 0.291 e. The third-order valence-electron chi connectivity index (χ3n) is 4.14. The summed E-state index contributed by atoms with van der Waals surface area (Å²) in [5.41, 5.74) is 2.81. The van der Waals surface area contributed by atoms with Crippen LogP contribution in [0.2, 0.25) is 0 Å². The molecule has 152 valence electrons. The monoisotopic (exact) mass is 411 g/mol. The number of carbonyl (C=O) groups excluding carboxylic acids is 1. The van der Waals surface area contributed by atoms with Crippen LogP contribution in [0.4, 0.5) is 5.69 Å². The third-order valence-corrected chi connectivity index (χ3v) is 5.21. The van der Waals surface area contributed by atoms with Gasteiger partial charge in [-0.1, -0.05) is 12.1 Å². The Bertz CT molecular complexity index is 962. The molecular formula is C21H25N5O2S. The zero-order valence-corrected chi connectivity index (χ0v) is 17.6. The Morgan fingerprint density at radius 2 is 1.97 bits per heavy atom. The van der Waals surface area contributed by atoms with Crippen molar-refractivity contribution < 1.29 is 9.21 Å². The maximum absolute atomic E-state index is 12.0. The van der Waals surface area contributed by atoms with E-state index in [4.69, 9.17) is 4.42 Å². The summed E-state index contributed by atoms with van der Waals surface area (Å²) in [6.45, 7) is 8.08. The number of guanidine groups is 1. The predicted octanol–water partition coefficient (Wildman–Crippen LogP) is 3.86. The topological polar surface area (TPSA) is 91.5 Å². The summed E-state index contributed by atoms with van der Waals surface area (Å²) in [7, 11) is 0. The van der Waals surface area contributed by atoms with E-state index in [0.717, 1.165) is 28.8 Å². The average molecular weight is 412 g/mol. The number of anilines is 1. The fourth-order valence-corrected chi connectivity index (χ4v) is 3.58. The van der Waals surface area contributed by atoms with Crippen LogP contribution < -0.4 is 16.0 Å². The molecule has 0 aliphatic heterocycles. The smallest absolute Gasteiger partial charge is 0.291 e. The highest BCUT2D eigenvalue weighted by Crippen LogP contribution is 2.16. The van der Waals surface area contributed by atoms with Gasteiger partial charge in [-0.25, -0.2) is 9.98 Å². The van der Waals surface area contributed by atoms with Crippen molar-refractivity contribution in [3.05, 3.63) is 69.6 Å². The summed E-state index contributed by atoms with van der Waals surface area (Å²) in [6.07, 6.45) is 1.48. The number of carbonyl (C=O) groups is 1. The van der Waals surface area contributed by atoms with Gasteiger partial charge >= 0.3 is 0 Å². The molecule has 8 heteroatoms. The van der Waals surface area contributed by atoms with Gasteiger partial charge in [0.05, 0.1) is 30.1 Å². The predicted molar refractivity (Wildman–Crippen MR) is 116 cm³/mol. The van der Waals surface area contributed by atoms with E-state index in [1.165, 1.54) is 11.1 Å². The van der Waals surface area contributed by atoms with Crippen molar-refractivity contribution >= 4 is 28.9 Å². The fraction of sp³-hybridized carbons (Fsp3) is 0.286. The second-order valence-electron chi connectivity index (χ2n) is 6.42. The lowest BCUT2D eigenvalue weighted by atomic mass is 10.2. The highest BCUT2D eigenvalue weighted by Gasteiger charge is 2.09. The van der Waals surface area contributed by atoms with Crippen LogP contribution in [0.15, 0.2) is 52.1 Å². The lowest BCUT2D eigenvalue weighted by Crippen LogP contribution is -2.36. The van der Waals surface area contributed by atoms with E-state index in [2.05, 4.69) is 25.9 Å². The van der Waals surface area contributed by atoms with Crippen molar-refractivity contribution in [2.45, 2.75) is 33.9 Å². The molecule has 0 spiro atoms. The number of hydrogen-bond donors (Lipinski definition) is 3. The van der Waals surface area contributed by atoms with E-state index in [0.29, 0.717) is 18.8 Å². The summed E-state index contributed by atoms with van der Waals surface area (Å²) in [4.78, 5) is 22.3. The molecule has 0 radical (unpaired) electrons. The molecule has 7 nitrogen and oxygen atoms in total. The molecule has 1 amide bonds. The second kappa shape index (κ2) is 9.88. The molecule has 0 aliphatic carbocycles. The molecule has 0 fully saturated rings. The van der Waals surface area contributed by atoms with Gasteiger partial charge in [0, 0.05) is 17.1 Å². The molecule has 0 aliphatic rings. The SMILES string of the molecule is CCNC(=NCc1ccc(NC(=O)c2ccco2)cc1)NCc1sc(C)nc1C. The first-order valence-electron chi connectivity index (χ1n) is 9.44. The van der Waals surface area contributed by atoms with Gasteiger partial charge in [-0.05, 0) is 50.6 Å². The lowest BCUT2D eigenvalue weighted by molar-refractivity contribution is 0.0996. The lowest BCUT2D eigenvalue weighted by Gasteiger charge is -2.11. The summed E-state index contributed by atoms with van der Waals surface area (Å²) in [5.74, 6) is 0.771. The number of hydrogen-bond acceptors (Lipinski definition) is 5. The second-order valence-corrected chi connectivity index (χ2v) is 7.71. The Labute approximate surface area is 174 Å². The fourth-order valence-electron chi connectivity index (χ4n) is 2.71. The molecule has 0 unspecified atom stereocenters. The first-order chi connectivity index (χ1) is 14.0. The van der Waals surface area contributed by atoms with Crippen LogP contribution in [-0.4, -0.2) is 23.4 Å². The first kappa shape index (κ1) is 20.6. The summed E-state index contributed by atoms with van der Waals surface area (Å²) >= 11 is 1.70. The maximum atomic E-state index is 12.0. The van der Waals surface area contributed by atoms with Gasteiger partial charge in [-0.3, -0.25) is 4.79 Å². The van der Waals surface area contributed by atoms with Gasteiger partial charge in [-0.15, -0.1) is 11.3 Å². The Morgan fingerprint density at radius 3 is 2.59 bits per heavy atom. The number of thiazole rings is 1. The highest BCUT2D eigenvalue weighted by molar-refractivity contribution is 7.11. The molecule has 0 bridgehead atoms. The van der Waals surface area contributed by atoms with E-state index < -0.39 is 0 Å². The summed E-state index contributed by atoms with van der Waals surface area (Å²) in [6, 6.07) is 10.9. The number of aryl methyl sites for hydroxylation is 2. The van der Waals surface area contributed by atoms with Crippen LogP contribution in [0.1, 0.15) is 38.6 Å².